The Labute approximate surface area is 81.4 Å². The molecule has 0 saturated heterocycles. The number of carboxylic acid groups (broad SMARTS) is 1. The summed E-state index contributed by atoms with van der Waals surface area (Å²) >= 11 is 0. The highest BCUT2D eigenvalue weighted by atomic mass is 16.5. The van der Waals surface area contributed by atoms with Gasteiger partial charge in [0.25, 0.3) is 0 Å². The average Bonchev–Trinajstić information content (AvgIpc) is 2.18. The number of methoxy groups -OCH3 is 1. The fraction of sp³-hybridized carbons (Fsp3) is 0.100. The number of ether oxygens (including phenoxy) is 2. The zero-order valence-electron chi connectivity index (χ0n) is 7.64. The van der Waals surface area contributed by atoms with Gasteiger partial charge in [0.2, 0.25) is 0 Å². The first-order valence-electron chi connectivity index (χ1n) is 3.92. The highest BCUT2D eigenvalue weighted by molar-refractivity contribution is 5.79. The predicted molar refractivity (Wildman–Crippen MR) is 50.4 cm³/mol. The van der Waals surface area contributed by atoms with Crippen LogP contribution in [0.4, 0.5) is 0 Å². The number of hydrogen-bond donors (Lipinski definition) is 1. The summed E-state index contributed by atoms with van der Waals surface area (Å²) in [6, 6.07) is 6.82. The summed E-state index contributed by atoms with van der Waals surface area (Å²) in [5.74, 6) is 0.237. The van der Waals surface area contributed by atoms with Gasteiger partial charge in [0.05, 0.1) is 19.4 Å². The van der Waals surface area contributed by atoms with Crippen LogP contribution in [0, 0.1) is 0 Å². The molecule has 4 heteroatoms. The van der Waals surface area contributed by atoms with Crippen LogP contribution >= 0.6 is 0 Å². The van der Waals surface area contributed by atoms with Crippen LogP contribution in [0.1, 0.15) is 0 Å². The van der Waals surface area contributed by atoms with Crippen LogP contribution < -0.4 is 9.47 Å². The van der Waals surface area contributed by atoms with Crippen molar-refractivity contribution in [1.82, 2.24) is 0 Å². The summed E-state index contributed by atoms with van der Waals surface area (Å²) < 4.78 is 9.94. The second kappa shape index (κ2) is 4.91. The molecule has 0 heterocycles. The number of aliphatic carboxylic acids is 1. The Kier molecular flexibility index (Phi) is 3.55. The number of rotatable bonds is 4. The molecule has 0 unspecified atom stereocenters. The molecule has 1 rings (SSSR count). The molecule has 0 aliphatic rings. The minimum absolute atomic E-state index is 0.559. The normalized spacial score (nSPS) is 10.1. The third kappa shape index (κ3) is 3.18. The van der Waals surface area contributed by atoms with Gasteiger partial charge in [-0.05, 0) is 24.3 Å². The van der Waals surface area contributed by atoms with E-state index >= 15 is 0 Å². The average molecular weight is 194 g/mol. The van der Waals surface area contributed by atoms with Gasteiger partial charge in [0, 0.05) is 0 Å². The van der Waals surface area contributed by atoms with Gasteiger partial charge in [0.1, 0.15) is 11.5 Å². The molecule has 0 aromatic heterocycles. The van der Waals surface area contributed by atoms with E-state index in [4.69, 9.17) is 14.6 Å². The third-order valence-electron chi connectivity index (χ3n) is 1.47. The van der Waals surface area contributed by atoms with Gasteiger partial charge in [-0.15, -0.1) is 0 Å². The maximum absolute atomic E-state index is 10.1. The monoisotopic (exact) mass is 194 g/mol. The molecule has 0 fully saturated rings. The van der Waals surface area contributed by atoms with Gasteiger partial charge in [0.15, 0.2) is 0 Å². The molecule has 14 heavy (non-hydrogen) atoms. The number of carbonyl (C=O) groups is 1. The lowest BCUT2D eigenvalue weighted by atomic mass is 10.3. The van der Waals surface area contributed by atoms with Crippen LogP contribution in [0.25, 0.3) is 0 Å². The van der Waals surface area contributed by atoms with Gasteiger partial charge >= 0.3 is 5.97 Å². The van der Waals surface area contributed by atoms with Crippen molar-refractivity contribution in [3.8, 4) is 11.5 Å². The van der Waals surface area contributed by atoms with Crippen molar-refractivity contribution in [2.45, 2.75) is 0 Å². The Morgan fingerprint density at radius 3 is 2.36 bits per heavy atom. The fourth-order valence-corrected chi connectivity index (χ4v) is 0.825. The Morgan fingerprint density at radius 2 is 1.86 bits per heavy atom. The summed E-state index contributed by atoms with van der Waals surface area (Å²) in [5, 5.41) is 8.29. The first kappa shape index (κ1) is 10.1. The molecule has 1 aromatic carbocycles. The third-order valence-corrected chi connectivity index (χ3v) is 1.47. The van der Waals surface area contributed by atoms with Gasteiger partial charge in [-0.3, -0.25) is 0 Å². The lowest BCUT2D eigenvalue weighted by molar-refractivity contribution is -0.131. The zero-order chi connectivity index (χ0) is 10.4. The molecular formula is C10H10O4. The second-order valence-corrected chi connectivity index (χ2v) is 2.43. The lowest BCUT2D eigenvalue weighted by Gasteiger charge is -2.01. The van der Waals surface area contributed by atoms with E-state index in [1.807, 2.05) is 0 Å². The van der Waals surface area contributed by atoms with Crippen LogP contribution in [0.3, 0.4) is 0 Å². The van der Waals surface area contributed by atoms with Gasteiger partial charge < -0.3 is 14.6 Å². The van der Waals surface area contributed by atoms with Gasteiger partial charge in [-0.25, -0.2) is 4.79 Å². The summed E-state index contributed by atoms with van der Waals surface area (Å²) in [5.41, 5.74) is 0. The van der Waals surface area contributed by atoms with Crippen LogP contribution in [0.2, 0.25) is 0 Å². The maximum Gasteiger partial charge on any atom is 0.331 e. The molecule has 0 aliphatic heterocycles. The smallest absolute Gasteiger partial charge is 0.331 e. The van der Waals surface area contributed by atoms with E-state index in [0.717, 1.165) is 18.1 Å². The van der Waals surface area contributed by atoms with Crippen LogP contribution in [-0.4, -0.2) is 18.2 Å². The molecule has 0 saturated carbocycles. The van der Waals surface area contributed by atoms with Crippen molar-refractivity contribution in [3.05, 3.63) is 36.6 Å². The number of hydrogen-bond acceptors (Lipinski definition) is 3. The molecule has 1 N–H and O–H groups in total. The summed E-state index contributed by atoms with van der Waals surface area (Å²) in [7, 11) is 1.57. The number of benzene rings is 1. The fourth-order valence-electron chi connectivity index (χ4n) is 0.825. The van der Waals surface area contributed by atoms with Crippen molar-refractivity contribution < 1.29 is 19.4 Å². The minimum Gasteiger partial charge on any atom is -0.497 e. The van der Waals surface area contributed by atoms with Gasteiger partial charge in [-0.2, -0.15) is 0 Å². The molecule has 0 radical (unpaired) electrons. The molecular weight excluding hydrogens is 184 g/mol. The second-order valence-electron chi connectivity index (χ2n) is 2.43. The highest BCUT2D eigenvalue weighted by Gasteiger charge is 1.92. The molecule has 4 nitrogen and oxygen atoms in total. The van der Waals surface area contributed by atoms with Crippen molar-refractivity contribution >= 4 is 5.97 Å². The molecule has 74 valence electrons. The highest BCUT2D eigenvalue weighted by Crippen LogP contribution is 2.16. The van der Waals surface area contributed by atoms with Crippen molar-refractivity contribution in [3.63, 3.8) is 0 Å². The SMILES string of the molecule is COc1ccc(O/C=C/C(=O)O)cc1. The predicted octanol–water partition coefficient (Wildman–Crippen LogP) is 1.67. The quantitative estimate of drug-likeness (QED) is 0.585. The molecule has 0 bridgehead atoms. The van der Waals surface area contributed by atoms with E-state index in [9.17, 15) is 4.79 Å². The molecule has 0 amide bonds. The Balaban J connectivity index is 2.56. The lowest BCUT2D eigenvalue weighted by Crippen LogP contribution is -1.89. The Bertz CT molecular complexity index is 326. The van der Waals surface area contributed by atoms with E-state index in [0.29, 0.717) is 5.75 Å². The number of carboxylic acids is 1. The minimum atomic E-state index is -1.04. The first-order chi connectivity index (χ1) is 6.72. The van der Waals surface area contributed by atoms with Crippen molar-refractivity contribution in [2.24, 2.45) is 0 Å². The summed E-state index contributed by atoms with van der Waals surface area (Å²) in [6.45, 7) is 0. The standard InChI is InChI=1S/C10H10O4/c1-13-8-2-4-9(5-3-8)14-7-6-10(11)12/h2-7H,1H3,(H,11,12)/b7-6+. The largest absolute Gasteiger partial charge is 0.497 e. The summed E-state index contributed by atoms with van der Waals surface area (Å²) in [6.07, 6.45) is 2.04. The van der Waals surface area contributed by atoms with E-state index in [2.05, 4.69) is 0 Å². The van der Waals surface area contributed by atoms with E-state index in [-0.39, 0.29) is 0 Å². The van der Waals surface area contributed by atoms with Crippen molar-refractivity contribution in [2.75, 3.05) is 7.11 Å². The van der Waals surface area contributed by atoms with Crippen LogP contribution in [-0.2, 0) is 4.79 Å². The maximum atomic E-state index is 10.1. The van der Waals surface area contributed by atoms with E-state index in [1.165, 1.54) is 0 Å². The van der Waals surface area contributed by atoms with Crippen molar-refractivity contribution in [1.29, 1.82) is 0 Å². The van der Waals surface area contributed by atoms with E-state index < -0.39 is 5.97 Å². The topological polar surface area (TPSA) is 55.8 Å². The van der Waals surface area contributed by atoms with Crippen LogP contribution in [0.5, 0.6) is 11.5 Å². The zero-order valence-corrected chi connectivity index (χ0v) is 7.64. The molecule has 1 aromatic rings. The van der Waals surface area contributed by atoms with Gasteiger partial charge in [-0.1, -0.05) is 0 Å². The Morgan fingerprint density at radius 1 is 1.29 bits per heavy atom. The van der Waals surface area contributed by atoms with E-state index in [1.54, 1.807) is 31.4 Å². The Hall–Kier alpha value is -1.97. The first-order valence-corrected chi connectivity index (χ1v) is 3.92. The molecule has 0 atom stereocenters. The van der Waals surface area contributed by atoms with Crippen LogP contribution in [0.15, 0.2) is 36.6 Å². The summed E-state index contributed by atoms with van der Waals surface area (Å²) in [4.78, 5) is 10.1. The molecule has 0 aliphatic carbocycles. The molecule has 0 spiro atoms.